The fraction of sp³-hybridized carbons (Fsp3) is 0.417. The molecule has 5 rings (SSSR count). The number of piperidine rings is 1. The third-order valence-corrected chi connectivity index (χ3v) is 7.07. The van der Waals surface area contributed by atoms with E-state index in [9.17, 15) is 29.3 Å². The van der Waals surface area contributed by atoms with Crippen molar-refractivity contribution in [3.05, 3.63) is 74.2 Å². The van der Waals surface area contributed by atoms with Crippen LogP contribution in [0.3, 0.4) is 0 Å². The minimum Gasteiger partial charge on any atom is -0.342 e. The third-order valence-electron chi connectivity index (χ3n) is 7.07. The maximum Gasteiger partial charge on any atom is 0.334 e. The topological polar surface area (TPSA) is 135 Å². The molecule has 2 fully saturated rings. The molecule has 182 valence electrons. The minimum absolute atomic E-state index is 0.0269. The number of fused-ring (bicyclic) bond motifs is 4. The Morgan fingerprint density at radius 3 is 2.57 bits per heavy atom. The second-order valence-electron chi connectivity index (χ2n) is 9.36. The molecule has 11 heteroatoms. The van der Waals surface area contributed by atoms with E-state index < -0.39 is 28.2 Å². The highest BCUT2D eigenvalue weighted by Crippen LogP contribution is 2.36. The summed E-state index contributed by atoms with van der Waals surface area (Å²) in [5.74, 6) is -0.494. The summed E-state index contributed by atoms with van der Waals surface area (Å²) in [6.45, 7) is 1.39. The van der Waals surface area contributed by atoms with Gasteiger partial charge in [-0.05, 0) is 30.4 Å². The molecule has 1 N–H and O–H groups in total. The van der Waals surface area contributed by atoms with Crippen LogP contribution in [0.15, 0.2) is 47.3 Å². The Morgan fingerprint density at radius 2 is 1.83 bits per heavy atom. The lowest BCUT2D eigenvalue weighted by Crippen LogP contribution is -2.49. The van der Waals surface area contributed by atoms with E-state index in [-0.39, 0.29) is 43.0 Å². The van der Waals surface area contributed by atoms with Crippen molar-refractivity contribution in [1.29, 1.82) is 0 Å². The Kier molecular flexibility index (Phi) is 5.83. The molecular formula is C24H25N5O6. The van der Waals surface area contributed by atoms with Gasteiger partial charge in [0.05, 0.1) is 11.5 Å². The number of benzene rings is 1. The molecule has 3 atom stereocenters. The molecule has 2 bridgehead atoms. The number of hydrogen-bond acceptors (Lipinski definition) is 6. The number of nitro groups is 1. The highest BCUT2D eigenvalue weighted by molar-refractivity contribution is 6.04. The van der Waals surface area contributed by atoms with E-state index in [0.717, 1.165) is 12.0 Å². The number of amides is 4. The Bertz CT molecular complexity index is 1260. The van der Waals surface area contributed by atoms with Crippen molar-refractivity contribution in [2.24, 2.45) is 5.92 Å². The van der Waals surface area contributed by atoms with Crippen LogP contribution in [0.25, 0.3) is 0 Å². The van der Waals surface area contributed by atoms with Crippen LogP contribution in [0, 0.1) is 16.0 Å². The maximum absolute atomic E-state index is 13.0. The van der Waals surface area contributed by atoms with Crippen molar-refractivity contribution in [2.75, 3.05) is 13.1 Å². The van der Waals surface area contributed by atoms with Gasteiger partial charge in [-0.2, -0.15) is 0 Å². The van der Waals surface area contributed by atoms with E-state index >= 15 is 0 Å². The SMILES string of the molecule is O=C(CC[C@@H]1NC(=O)N(Cc2ccccc2)C1=O)N1CC2CC(C1)c1ccc([N+](=O)[O-])c(=O)n1C2. The lowest BCUT2D eigenvalue weighted by Gasteiger charge is -2.42. The molecule has 0 spiro atoms. The summed E-state index contributed by atoms with van der Waals surface area (Å²) in [5.41, 5.74) is 0.519. The van der Waals surface area contributed by atoms with Gasteiger partial charge in [0.25, 0.3) is 5.91 Å². The molecule has 4 heterocycles. The summed E-state index contributed by atoms with van der Waals surface area (Å²) in [6, 6.07) is 10.9. The van der Waals surface area contributed by atoms with Crippen LogP contribution in [0.5, 0.6) is 0 Å². The summed E-state index contributed by atoms with van der Waals surface area (Å²) in [4.78, 5) is 64.0. The molecule has 2 saturated heterocycles. The molecule has 3 aliphatic rings. The van der Waals surface area contributed by atoms with Gasteiger partial charge in [0.15, 0.2) is 0 Å². The van der Waals surface area contributed by atoms with E-state index in [1.807, 2.05) is 30.3 Å². The summed E-state index contributed by atoms with van der Waals surface area (Å²) >= 11 is 0. The van der Waals surface area contributed by atoms with Crippen LogP contribution < -0.4 is 10.9 Å². The largest absolute Gasteiger partial charge is 0.342 e. The molecule has 1 aromatic heterocycles. The third kappa shape index (κ3) is 4.29. The second kappa shape index (κ2) is 8.97. The average Bonchev–Trinajstić information content (AvgIpc) is 3.11. The molecule has 2 unspecified atom stereocenters. The second-order valence-corrected chi connectivity index (χ2v) is 9.36. The van der Waals surface area contributed by atoms with Crippen molar-refractivity contribution in [2.45, 2.75) is 44.3 Å². The summed E-state index contributed by atoms with van der Waals surface area (Å²) < 4.78 is 1.48. The maximum atomic E-state index is 13.0. The van der Waals surface area contributed by atoms with Gasteiger partial charge in [0.1, 0.15) is 6.04 Å². The summed E-state index contributed by atoms with van der Waals surface area (Å²) in [5, 5.41) is 13.8. The Labute approximate surface area is 200 Å². The number of aromatic nitrogens is 1. The van der Waals surface area contributed by atoms with Gasteiger partial charge < -0.3 is 14.8 Å². The van der Waals surface area contributed by atoms with Gasteiger partial charge in [-0.1, -0.05) is 30.3 Å². The average molecular weight is 479 g/mol. The van der Waals surface area contributed by atoms with E-state index in [4.69, 9.17) is 0 Å². The van der Waals surface area contributed by atoms with Gasteiger partial charge in [-0.3, -0.25) is 29.4 Å². The number of carbonyl (C=O) groups excluding carboxylic acids is 3. The molecule has 3 aliphatic heterocycles. The van der Waals surface area contributed by atoms with Crippen LogP contribution >= 0.6 is 0 Å². The van der Waals surface area contributed by atoms with Crippen molar-refractivity contribution >= 4 is 23.5 Å². The van der Waals surface area contributed by atoms with Crippen LogP contribution in [-0.4, -0.2) is 56.3 Å². The van der Waals surface area contributed by atoms with Crippen LogP contribution in [0.2, 0.25) is 0 Å². The normalized spacial score (nSPS) is 23.1. The van der Waals surface area contributed by atoms with Gasteiger partial charge >= 0.3 is 17.3 Å². The number of likely N-dealkylation sites (tertiary alicyclic amines) is 1. The van der Waals surface area contributed by atoms with E-state index in [2.05, 4.69) is 5.32 Å². The Hall–Kier alpha value is -4.02. The number of urea groups is 1. The highest BCUT2D eigenvalue weighted by atomic mass is 16.6. The molecule has 4 amide bonds. The minimum atomic E-state index is -0.737. The standard InChI is InChI=1S/C24H25N5O6/c30-21(9-6-18-22(31)28(24(33)25-18)12-15-4-2-1-3-5-15)26-11-16-10-17(14-26)19-7-8-20(29(34)35)23(32)27(19)13-16/h1-5,7-8,16-18H,6,9-14H2,(H,25,33)/t16?,17?,18-/m0/s1. The molecule has 0 radical (unpaired) electrons. The first-order chi connectivity index (χ1) is 16.8. The van der Waals surface area contributed by atoms with E-state index in [0.29, 0.717) is 25.3 Å². The van der Waals surface area contributed by atoms with Crippen LogP contribution in [-0.2, 0) is 22.7 Å². The molecule has 2 aromatic rings. The molecule has 11 nitrogen and oxygen atoms in total. The lowest BCUT2D eigenvalue weighted by molar-refractivity contribution is -0.386. The Morgan fingerprint density at radius 1 is 1.06 bits per heavy atom. The first-order valence-electron chi connectivity index (χ1n) is 11.6. The van der Waals surface area contributed by atoms with E-state index in [1.54, 1.807) is 11.0 Å². The molecule has 35 heavy (non-hydrogen) atoms. The zero-order valence-corrected chi connectivity index (χ0v) is 19.0. The van der Waals surface area contributed by atoms with Crippen molar-refractivity contribution in [3.63, 3.8) is 0 Å². The van der Waals surface area contributed by atoms with Gasteiger partial charge in [0, 0.05) is 43.7 Å². The van der Waals surface area contributed by atoms with Gasteiger partial charge in [-0.15, -0.1) is 0 Å². The van der Waals surface area contributed by atoms with Crippen molar-refractivity contribution in [1.82, 2.24) is 19.7 Å². The fourth-order valence-corrected chi connectivity index (χ4v) is 5.39. The van der Waals surface area contributed by atoms with Gasteiger partial charge in [0.2, 0.25) is 5.91 Å². The first-order valence-corrected chi connectivity index (χ1v) is 11.6. The van der Waals surface area contributed by atoms with Crippen LogP contribution in [0.1, 0.15) is 36.4 Å². The van der Waals surface area contributed by atoms with Gasteiger partial charge in [-0.25, -0.2) is 4.79 Å². The Balaban J connectivity index is 1.21. The highest BCUT2D eigenvalue weighted by Gasteiger charge is 2.40. The number of hydrogen-bond donors (Lipinski definition) is 1. The first kappa shape index (κ1) is 22.8. The number of carbonyl (C=O) groups is 3. The monoisotopic (exact) mass is 479 g/mol. The summed E-state index contributed by atoms with van der Waals surface area (Å²) in [7, 11) is 0. The molecule has 0 aliphatic carbocycles. The van der Waals surface area contributed by atoms with Crippen LogP contribution in [0.4, 0.5) is 10.5 Å². The van der Waals surface area contributed by atoms with E-state index in [1.165, 1.54) is 15.5 Å². The fourth-order valence-electron chi connectivity index (χ4n) is 5.39. The predicted molar refractivity (Wildman–Crippen MR) is 123 cm³/mol. The van der Waals surface area contributed by atoms with Crippen molar-refractivity contribution in [3.8, 4) is 0 Å². The smallest absolute Gasteiger partial charge is 0.334 e. The molecular weight excluding hydrogens is 454 g/mol. The number of pyridine rings is 1. The van der Waals surface area contributed by atoms with Crippen molar-refractivity contribution < 1.29 is 19.3 Å². The number of rotatable bonds is 6. The predicted octanol–water partition coefficient (Wildman–Crippen LogP) is 1.60. The number of imide groups is 1. The molecule has 0 saturated carbocycles. The zero-order chi connectivity index (χ0) is 24.7. The zero-order valence-electron chi connectivity index (χ0n) is 19.0. The number of nitrogens with one attached hydrogen (secondary N) is 1. The summed E-state index contributed by atoms with van der Waals surface area (Å²) in [6.07, 6.45) is 1.14. The lowest BCUT2D eigenvalue weighted by atomic mass is 9.83. The number of nitrogens with zero attached hydrogens (tertiary/aromatic N) is 4. The quantitative estimate of drug-likeness (QED) is 0.380. The molecule has 1 aromatic carbocycles.